The summed E-state index contributed by atoms with van der Waals surface area (Å²) in [5.41, 5.74) is 4.89. The van der Waals surface area contributed by atoms with Gasteiger partial charge in [0.1, 0.15) is 5.75 Å². The van der Waals surface area contributed by atoms with Crippen LogP contribution in [0.2, 0.25) is 0 Å². The predicted octanol–water partition coefficient (Wildman–Crippen LogP) is 3.51. The fourth-order valence-electron chi connectivity index (χ4n) is 2.81. The first-order valence-corrected chi connectivity index (χ1v) is 7.36. The zero-order chi connectivity index (χ0) is 14.7. The number of ether oxygens (including phenoxy) is 2. The first kappa shape index (κ1) is 14.0. The van der Waals surface area contributed by atoms with Gasteiger partial charge in [-0.25, -0.2) is 0 Å². The highest BCUT2D eigenvalue weighted by Crippen LogP contribution is 2.36. The van der Waals surface area contributed by atoms with Crippen LogP contribution in [0.15, 0.2) is 42.5 Å². The topological polar surface area (TPSA) is 21.7 Å². The van der Waals surface area contributed by atoms with Gasteiger partial charge in [-0.15, -0.1) is 0 Å². The van der Waals surface area contributed by atoms with Crippen LogP contribution in [0.1, 0.15) is 5.56 Å². The molecular weight excluding hydrogens is 262 g/mol. The molecular formula is C18H21NO2. The minimum absolute atomic E-state index is 0.775. The van der Waals surface area contributed by atoms with Crippen molar-refractivity contribution in [2.24, 2.45) is 0 Å². The van der Waals surface area contributed by atoms with E-state index >= 15 is 0 Å². The Morgan fingerprint density at radius 2 is 1.76 bits per heavy atom. The third-order valence-electron chi connectivity index (χ3n) is 3.96. The normalized spacial score (nSPS) is 15.0. The fraction of sp³-hybridized carbons (Fsp3) is 0.333. The molecule has 0 atom stereocenters. The number of methoxy groups -OCH3 is 1. The lowest BCUT2D eigenvalue weighted by molar-refractivity contribution is 0.122. The maximum Gasteiger partial charge on any atom is 0.142 e. The van der Waals surface area contributed by atoms with Gasteiger partial charge in [-0.2, -0.15) is 0 Å². The molecule has 1 heterocycles. The molecule has 0 bridgehead atoms. The lowest BCUT2D eigenvalue weighted by Gasteiger charge is -2.30. The smallest absolute Gasteiger partial charge is 0.142 e. The molecule has 0 aromatic heterocycles. The number of hydrogen-bond acceptors (Lipinski definition) is 3. The van der Waals surface area contributed by atoms with Crippen molar-refractivity contribution in [3.05, 3.63) is 48.0 Å². The maximum absolute atomic E-state index is 5.59. The predicted molar refractivity (Wildman–Crippen MR) is 86.2 cm³/mol. The molecule has 3 nitrogen and oxygen atoms in total. The van der Waals surface area contributed by atoms with Gasteiger partial charge in [-0.3, -0.25) is 0 Å². The van der Waals surface area contributed by atoms with Crippen LogP contribution in [0.4, 0.5) is 5.69 Å². The summed E-state index contributed by atoms with van der Waals surface area (Å²) < 4.78 is 11.0. The van der Waals surface area contributed by atoms with Crippen LogP contribution in [0.5, 0.6) is 5.75 Å². The largest absolute Gasteiger partial charge is 0.495 e. The second-order valence-electron chi connectivity index (χ2n) is 5.30. The molecule has 0 amide bonds. The molecule has 1 aliphatic rings. The maximum atomic E-state index is 5.59. The second kappa shape index (κ2) is 6.19. The van der Waals surface area contributed by atoms with Gasteiger partial charge in [0.2, 0.25) is 0 Å². The summed E-state index contributed by atoms with van der Waals surface area (Å²) in [7, 11) is 1.74. The van der Waals surface area contributed by atoms with E-state index in [4.69, 9.17) is 9.47 Å². The van der Waals surface area contributed by atoms with Crippen LogP contribution < -0.4 is 9.64 Å². The van der Waals surface area contributed by atoms with E-state index < -0.39 is 0 Å². The second-order valence-corrected chi connectivity index (χ2v) is 5.30. The van der Waals surface area contributed by atoms with E-state index in [-0.39, 0.29) is 0 Å². The van der Waals surface area contributed by atoms with Crippen molar-refractivity contribution in [3.63, 3.8) is 0 Å². The van der Waals surface area contributed by atoms with E-state index in [1.165, 1.54) is 16.7 Å². The summed E-state index contributed by atoms with van der Waals surface area (Å²) in [5.74, 6) is 0.939. The average Bonchev–Trinajstić information content (AvgIpc) is 2.56. The first-order chi connectivity index (χ1) is 10.3. The molecule has 3 heteroatoms. The molecule has 0 saturated carbocycles. The number of aryl methyl sites for hydroxylation is 1. The van der Waals surface area contributed by atoms with E-state index in [1.807, 2.05) is 6.07 Å². The number of anilines is 1. The van der Waals surface area contributed by atoms with Crippen LogP contribution in [-0.4, -0.2) is 33.4 Å². The Labute approximate surface area is 126 Å². The van der Waals surface area contributed by atoms with E-state index in [1.54, 1.807) is 7.11 Å². The summed E-state index contributed by atoms with van der Waals surface area (Å²) in [6, 6.07) is 14.9. The first-order valence-electron chi connectivity index (χ1n) is 7.36. The van der Waals surface area contributed by atoms with Crippen molar-refractivity contribution in [2.45, 2.75) is 6.92 Å². The zero-order valence-corrected chi connectivity index (χ0v) is 12.6. The molecule has 21 heavy (non-hydrogen) atoms. The Morgan fingerprint density at radius 1 is 1.05 bits per heavy atom. The van der Waals surface area contributed by atoms with Crippen LogP contribution >= 0.6 is 0 Å². The van der Waals surface area contributed by atoms with Crippen LogP contribution in [-0.2, 0) is 4.74 Å². The summed E-state index contributed by atoms with van der Waals surface area (Å²) in [5, 5.41) is 0. The van der Waals surface area contributed by atoms with E-state index in [9.17, 15) is 0 Å². The molecule has 0 spiro atoms. The molecule has 1 fully saturated rings. The van der Waals surface area contributed by atoms with E-state index in [0.29, 0.717) is 0 Å². The molecule has 0 aliphatic carbocycles. The van der Waals surface area contributed by atoms with Crippen molar-refractivity contribution >= 4 is 5.69 Å². The van der Waals surface area contributed by atoms with Gasteiger partial charge >= 0.3 is 0 Å². The molecule has 1 aliphatic heterocycles. The van der Waals surface area contributed by atoms with Gasteiger partial charge in [0.15, 0.2) is 0 Å². The Kier molecular flexibility index (Phi) is 4.11. The van der Waals surface area contributed by atoms with Crippen molar-refractivity contribution in [1.29, 1.82) is 0 Å². The Hall–Kier alpha value is -2.00. The number of hydrogen-bond donors (Lipinski definition) is 0. The minimum Gasteiger partial charge on any atom is -0.495 e. The van der Waals surface area contributed by atoms with Gasteiger partial charge < -0.3 is 14.4 Å². The van der Waals surface area contributed by atoms with Gasteiger partial charge in [-0.05, 0) is 35.7 Å². The van der Waals surface area contributed by atoms with Gasteiger partial charge in [-0.1, -0.05) is 30.3 Å². The van der Waals surface area contributed by atoms with Crippen molar-refractivity contribution in [2.75, 3.05) is 38.3 Å². The third-order valence-corrected chi connectivity index (χ3v) is 3.96. The number of rotatable bonds is 3. The lowest BCUT2D eigenvalue weighted by atomic mass is 9.99. The van der Waals surface area contributed by atoms with Crippen LogP contribution in [0, 0.1) is 6.92 Å². The Balaban J connectivity index is 2.05. The molecule has 1 saturated heterocycles. The molecule has 0 unspecified atom stereocenters. The zero-order valence-electron chi connectivity index (χ0n) is 12.6. The van der Waals surface area contributed by atoms with Crippen molar-refractivity contribution in [3.8, 4) is 16.9 Å². The minimum atomic E-state index is 0.775. The van der Waals surface area contributed by atoms with Gasteiger partial charge in [0, 0.05) is 13.1 Å². The summed E-state index contributed by atoms with van der Waals surface area (Å²) in [6.45, 7) is 5.50. The SMILES string of the molecule is COc1cc(C)c(-c2ccccc2)cc1N1CCOCC1. The molecule has 110 valence electrons. The van der Waals surface area contributed by atoms with E-state index in [2.05, 4.69) is 48.2 Å². The van der Waals surface area contributed by atoms with E-state index in [0.717, 1.165) is 37.7 Å². The summed E-state index contributed by atoms with van der Waals surface area (Å²) in [4.78, 5) is 2.34. The molecule has 3 rings (SSSR count). The highest BCUT2D eigenvalue weighted by Gasteiger charge is 2.17. The third kappa shape index (κ3) is 2.88. The average molecular weight is 283 g/mol. The summed E-state index contributed by atoms with van der Waals surface area (Å²) in [6.07, 6.45) is 0. The standard InChI is InChI=1S/C18H21NO2/c1-14-12-18(20-2)17(19-8-10-21-11-9-19)13-16(14)15-6-4-3-5-7-15/h3-7,12-13H,8-11H2,1-2H3. The lowest BCUT2D eigenvalue weighted by Crippen LogP contribution is -2.36. The van der Waals surface area contributed by atoms with Gasteiger partial charge in [0.05, 0.1) is 26.0 Å². The van der Waals surface area contributed by atoms with Gasteiger partial charge in [0.25, 0.3) is 0 Å². The fourth-order valence-corrected chi connectivity index (χ4v) is 2.81. The highest BCUT2D eigenvalue weighted by molar-refractivity contribution is 5.75. The quantitative estimate of drug-likeness (QED) is 0.860. The van der Waals surface area contributed by atoms with Crippen LogP contribution in [0.25, 0.3) is 11.1 Å². The Bertz CT molecular complexity index is 604. The number of morpholine rings is 1. The molecule has 0 radical (unpaired) electrons. The molecule has 2 aromatic carbocycles. The van der Waals surface area contributed by atoms with Crippen molar-refractivity contribution in [1.82, 2.24) is 0 Å². The van der Waals surface area contributed by atoms with Crippen molar-refractivity contribution < 1.29 is 9.47 Å². The summed E-state index contributed by atoms with van der Waals surface area (Å²) >= 11 is 0. The highest BCUT2D eigenvalue weighted by atomic mass is 16.5. The monoisotopic (exact) mass is 283 g/mol. The number of benzene rings is 2. The van der Waals surface area contributed by atoms with Crippen LogP contribution in [0.3, 0.4) is 0 Å². The number of nitrogens with zero attached hydrogens (tertiary/aromatic N) is 1. The molecule has 0 N–H and O–H groups in total. The Morgan fingerprint density at radius 3 is 2.43 bits per heavy atom. The molecule has 2 aromatic rings.